The van der Waals surface area contributed by atoms with Crippen LogP contribution in [0.4, 0.5) is 0 Å². The predicted molar refractivity (Wildman–Crippen MR) is 86.6 cm³/mol. The van der Waals surface area contributed by atoms with Gasteiger partial charge in [-0.3, -0.25) is 14.9 Å². The van der Waals surface area contributed by atoms with Crippen LogP contribution in [0.1, 0.15) is 25.8 Å². The molecule has 1 fully saturated rings. The summed E-state index contributed by atoms with van der Waals surface area (Å²) in [7, 11) is 0. The molecule has 6 heteroatoms. The molecule has 0 bridgehead atoms. The molecule has 0 saturated carbocycles. The standard InChI is InChI=1S/C17H24N2O4/c1-3-13-4-6-14(7-5-13)23-11-15(20)19-9-8-17(2,12-19)18-10-16(21)22/h4-7,18H,3,8-12H2,1-2H3,(H,21,22)/t17-/m1/s1. The second kappa shape index (κ2) is 7.46. The van der Waals surface area contributed by atoms with Crippen LogP contribution in [0, 0.1) is 0 Å². The van der Waals surface area contributed by atoms with Gasteiger partial charge in [0, 0.05) is 18.6 Å². The zero-order valence-corrected chi connectivity index (χ0v) is 13.7. The molecule has 0 radical (unpaired) electrons. The Labute approximate surface area is 136 Å². The summed E-state index contributed by atoms with van der Waals surface area (Å²) in [4.78, 5) is 24.6. The highest BCUT2D eigenvalue weighted by atomic mass is 16.5. The van der Waals surface area contributed by atoms with E-state index in [-0.39, 0.29) is 24.6 Å². The molecule has 126 valence electrons. The molecule has 1 aromatic carbocycles. The quantitative estimate of drug-likeness (QED) is 0.791. The van der Waals surface area contributed by atoms with Crippen molar-refractivity contribution in [1.29, 1.82) is 0 Å². The number of ether oxygens (including phenoxy) is 1. The molecular weight excluding hydrogens is 296 g/mol. The van der Waals surface area contributed by atoms with Gasteiger partial charge in [-0.25, -0.2) is 0 Å². The Morgan fingerprint density at radius 2 is 2.04 bits per heavy atom. The Morgan fingerprint density at radius 3 is 2.65 bits per heavy atom. The number of likely N-dealkylation sites (tertiary alicyclic amines) is 1. The van der Waals surface area contributed by atoms with Gasteiger partial charge in [0.2, 0.25) is 0 Å². The Bertz CT molecular complexity index is 558. The summed E-state index contributed by atoms with van der Waals surface area (Å²) in [6.45, 7) is 5.03. The van der Waals surface area contributed by atoms with Gasteiger partial charge in [-0.15, -0.1) is 0 Å². The zero-order valence-electron chi connectivity index (χ0n) is 13.7. The number of nitrogens with one attached hydrogen (secondary N) is 1. The lowest BCUT2D eigenvalue weighted by Crippen LogP contribution is -2.48. The van der Waals surface area contributed by atoms with Gasteiger partial charge >= 0.3 is 5.97 Å². The maximum atomic E-state index is 12.2. The maximum absolute atomic E-state index is 12.2. The van der Waals surface area contributed by atoms with Crippen molar-refractivity contribution in [2.45, 2.75) is 32.2 Å². The van der Waals surface area contributed by atoms with Crippen molar-refractivity contribution >= 4 is 11.9 Å². The first-order chi connectivity index (χ1) is 10.9. The Kier molecular flexibility index (Phi) is 5.60. The van der Waals surface area contributed by atoms with Gasteiger partial charge in [0.25, 0.3) is 5.91 Å². The molecule has 1 amide bonds. The molecule has 1 heterocycles. The third-order valence-corrected chi connectivity index (χ3v) is 4.19. The lowest BCUT2D eigenvalue weighted by Gasteiger charge is -2.25. The first-order valence-electron chi connectivity index (χ1n) is 7.88. The molecule has 1 aliphatic heterocycles. The summed E-state index contributed by atoms with van der Waals surface area (Å²) < 4.78 is 5.54. The van der Waals surface area contributed by atoms with E-state index in [2.05, 4.69) is 12.2 Å². The smallest absolute Gasteiger partial charge is 0.317 e. The second-order valence-electron chi connectivity index (χ2n) is 6.16. The van der Waals surface area contributed by atoms with Crippen LogP contribution in [0.5, 0.6) is 5.75 Å². The van der Waals surface area contributed by atoms with Crippen molar-refractivity contribution in [2.75, 3.05) is 26.2 Å². The van der Waals surface area contributed by atoms with Crippen molar-refractivity contribution in [1.82, 2.24) is 10.2 Å². The van der Waals surface area contributed by atoms with Crippen LogP contribution in [0.25, 0.3) is 0 Å². The molecule has 0 aromatic heterocycles. The minimum atomic E-state index is -0.894. The molecule has 1 aromatic rings. The van der Waals surface area contributed by atoms with Crippen LogP contribution >= 0.6 is 0 Å². The van der Waals surface area contributed by atoms with Gasteiger partial charge in [-0.05, 0) is 37.5 Å². The molecule has 0 unspecified atom stereocenters. The minimum absolute atomic E-state index is 0.000478. The maximum Gasteiger partial charge on any atom is 0.317 e. The van der Waals surface area contributed by atoms with Gasteiger partial charge < -0.3 is 14.7 Å². The van der Waals surface area contributed by atoms with E-state index in [0.29, 0.717) is 18.8 Å². The number of benzene rings is 1. The molecular formula is C17H24N2O4. The Morgan fingerprint density at radius 1 is 1.35 bits per heavy atom. The summed E-state index contributed by atoms with van der Waals surface area (Å²) in [6, 6.07) is 7.72. The van der Waals surface area contributed by atoms with Crippen molar-refractivity contribution in [2.24, 2.45) is 0 Å². The SMILES string of the molecule is CCc1ccc(OCC(=O)N2CC[C@@](C)(NCC(=O)O)C2)cc1. The number of aryl methyl sites for hydroxylation is 1. The van der Waals surface area contributed by atoms with E-state index < -0.39 is 5.97 Å². The number of amides is 1. The van der Waals surface area contributed by atoms with E-state index in [0.717, 1.165) is 12.8 Å². The van der Waals surface area contributed by atoms with Crippen molar-refractivity contribution < 1.29 is 19.4 Å². The topological polar surface area (TPSA) is 78.9 Å². The van der Waals surface area contributed by atoms with Gasteiger partial charge in [-0.1, -0.05) is 19.1 Å². The fourth-order valence-electron chi connectivity index (χ4n) is 2.66. The van der Waals surface area contributed by atoms with Crippen molar-refractivity contribution in [3.8, 4) is 5.75 Å². The van der Waals surface area contributed by atoms with Crippen molar-refractivity contribution in [3.05, 3.63) is 29.8 Å². The molecule has 2 N–H and O–H groups in total. The van der Waals surface area contributed by atoms with Gasteiger partial charge in [0.15, 0.2) is 6.61 Å². The molecule has 23 heavy (non-hydrogen) atoms. The molecule has 1 aliphatic rings. The molecule has 1 atom stereocenters. The van der Waals surface area contributed by atoms with Gasteiger partial charge in [0.1, 0.15) is 5.75 Å². The van der Waals surface area contributed by atoms with Crippen molar-refractivity contribution in [3.63, 3.8) is 0 Å². The monoisotopic (exact) mass is 320 g/mol. The lowest BCUT2D eigenvalue weighted by molar-refractivity contribution is -0.136. The number of aliphatic carboxylic acids is 1. The fourth-order valence-corrected chi connectivity index (χ4v) is 2.66. The normalized spacial score (nSPS) is 20.5. The summed E-state index contributed by atoms with van der Waals surface area (Å²) in [5.74, 6) is -0.290. The highest BCUT2D eigenvalue weighted by Gasteiger charge is 2.36. The molecule has 1 saturated heterocycles. The van der Waals surface area contributed by atoms with Crippen LogP contribution in [-0.2, 0) is 16.0 Å². The van der Waals surface area contributed by atoms with Crippen LogP contribution in [0.2, 0.25) is 0 Å². The zero-order chi connectivity index (χ0) is 16.9. The Balaban J connectivity index is 1.81. The van der Waals surface area contributed by atoms with Crippen LogP contribution in [0.3, 0.4) is 0 Å². The lowest BCUT2D eigenvalue weighted by atomic mass is 10.0. The number of carboxylic acid groups (broad SMARTS) is 1. The van der Waals surface area contributed by atoms with E-state index >= 15 is 0 Å². The number of carboxylic acids is 1. The average Bonchev–Trinajstić information content (AvgIpc) is 2.94. The van der Waals surface area contributed by atoms with Crippen LogP contribution < -0.4 is 10.1 Å². The third-order valence-electron chi connectivity index (χ3n) is 4.19. The van der Waals surface area contributed by atoms with Crippen LogP contribution in [0.15, 0.2) is 24.3 Å². The number of carbonyl (C=O) groups is 2. The minimum Gasteiger partial charge on any atom is -0.484 e. The predicted octanol–water partition coefficient (Wildman–Crippen LogP) is 1.29. The summed E-state index contributed by atoms with van der Waals surface area (Å²) in [6.07, 6.45) is 1.70. The highest BCUT2D eigenvalue weighted by molar-refractivity contribution is 5.78. The van der Waals surface area contributed by atoms with E-state index in [1.807, 2.05) is 31.2 Å². The largest absolute Gasteiger partial charge is 0.484 e. The summed E-state index contributed by atoms with van der Waals surface area (Å²) >= 11 is 0. The molecule has 2 rings (SSSR count). The first-order valence-corrected chi connectivity index (χ1v) is 7.88. The number of carbonyl (C=O) groups excluding carboxylic acids is 1. The van der Waals surface area contributed by atoms with Gasteiger partial charge in [0.05, 0.1) is 6.54 Å². The number of hydrogen-bond donors (Lipinski definition) is 2. The molecule has 0 aliphatic carbocycles. The van der Waals surface area contributed by atoms with Crippen LogP contribution in [-0.4, -0.2) is 53.7 Å². The number of nitrogens with zero attached hydrogens (tertiary/aromatic N) is 1. The second-order valence-corrected chi connectivity index (χ2v) is 6.16. The molecule has 0 spiro atoms. The number of hydrogen-bond acceptors (Lipinski definition) is 4. The summed E-state index contributed by atoms with van der Waals surface area (Å²) in [5.41, 5.74) is 0.875. The highest BCUT2D eigenvalue weighted by Crippen LogP contribution is 2.21. The summed E-state index contributed by atoms with van der Waals surface area (Å²) in [5, 5.41) is 11.7. The first kappa shape index (κ1) is 17.3. The fraction of sp³-hybridized carbons (Fsp3) is 0.529. The van der Waals surface area contributed by atoms with E-state index in [1.165, 1.54) is 5.56 Å². The number of rotatable bonds is 7. The average molecular weight is 320 g/mol. The molecule has 6 nitrogen and oxygen atoms in total. The Hall–Kier alpha value is -2.08. The van der Waals surface area contributed by atoms with E-state index in [4.69, 9.17) is 9.84 Å². The third kappa shape index (κ3) is 4.96. The van der Waals surface area contributed by atoms with E-state index in [9.17, 15) is 9.59 Å². The van der Waals surface area contributed by atoms with Gasteiger partial charge in [-0.2, -0.15) is 0 Å². The van der Waals surface area contributed by atoms with E-state index in [1.54, 1.807) is 4.90 Å².